The van der Waals surface area contributed by atoms with Crippen molar-refractivity contribution in [3.63, 3.8) is 0 Å². The predicted octanol–water partition coefficient (Wildman–Crippen LogP) is 2.77. The molecule has 0 saturated carbocycles. The lowest BCUT2D eigenvalue weighted by Crippen LogP contribution is -2.06. The fourth-order valence-corrected chi connectivity index (χ4v) is 2.30. The number of aliphatic hydroxyl groups excluding tert-OH is 1. The van der Waals surface area contributed by atoms with Crippen molar-refractivity contribution in [2.24, 2.45) is 0 Å². The highest BCUT2D eigenvalue weighted by molar-refractivity contribution is 5.83. The van der Waals surface area contributed by atoms with Crippen molar-refractivity contribution in [2.45, 2.75) is 26.3 Å². The Labute approximate surface area is 102 Å². The number of hydrogen-bond acceptors (Lipinski definition) is 2. The number of aromatic nitrogens is 1. The van der Waals surface area contributed by atoms with Crippen LogP contribution in [-0.2, 0) is 6.42 Å². The molecule has 1 aromatic carbocycles. The number of ether oxygens (including phenoxy) is 1. The van der Waals surface area contributed by atoms with Crippen molar-refractivity contribution in [3.8, 4) is 5.75 Å². The molecule has 17 heavy (non-hydrogen) atoms. The molecule has 92 valence electrons. The molecule has 0 spiro atoms. The van der Waals surface area contributed by atoms with Crippen LogP contribution < -0.4 is 4.74 Å². The molecule has 0 bridgehead atoms. The maximum Gasteiger partial charge on any atom is 0.120 e. The standard InChI is InChI=1S/C14H19NO2/c1-10(2)15-12(6-7-16)8-11-4-5-13(17-3)9-14(11)15/h4-5,8-10,16H,6-7H2,1-3H3. The second kappa shape index (κ2) is 4.80. The molecule has 1 aromatic heterocycles. The molecule has 0 unspecified atom stereocenters. The lowest BCUT2D eigenvalue weighted by Gasteiger charge is -2.14. The van der Waals surface area contributed by atoms with Crippen LogP contribution in [0, 0.1) is 0 Å². The van der Waals surface area contributed by atoms with E-state index in [0.29, 0.717) is 12.5 Å². The van der Waals surface area contributed by atoms with Crippen LogP contribution in [0.25, 0.3) is 10.9 Å². The summed E-state index contributed by atoms with van der Waals surface area (Å²) in [6, 6.07) is 8.60. The van der Waals surface area contributed by atoms with Gasteiger partial charge >= 0.3 is 0 Å². The Bertz CT molecular complexity index is 514. The Balaban J connectivity index is 2.63. The highest BCUT2D eigenvalue weighted by atomic mass is 16.5. The summed E-state index contributed by atoms with van der Waals surface area (Å²) >= 11 is 0. The fourth-order valence-electron chi connectivity index (χ4n) is 2.30. The van der Waals surface area contributed by atoms with Gasteiger partial charge in [0.1, 0.15) is 5.75 Å². The summed E-state index contributed by atoms with van der Waals surface area (Å²) in [6.45, 7) is 4.49. The zero-order valence-electron chi connectivity index (χ0n) is 10.6. The van der Waals surface area contributed by atoms with Gasteiger partial charge in [0.05, 0.1) is 12.6 Å². The number of nitrogens with zero attached hydrogens (tertiary/aromatic N) is 1. The Morgan fingerprint density at radius 3 is 2.65 bits per heavy atom. The second-order valence-electron chi connectivity index (χ2n) is 4.50. The second-order valence-corrected chi connectivity index (χ2v) is 4.50. The van der Waals surface area contributed by atoms with E-state index in [-0.39, 0.29) is 6.61 Å². The minimum Gasteiger partial charge on any atom is -0.497 e. The SMILES string of the molecule is COc1ccc2cc(CCO)n(C(C)C)c2c1. The zero-order valence-corrected chi connectivity index (χ0v) is 10.6. The first-order chi connectivity index (χ1) is 8.17. The van der Waals surface area contributed by atoms with E-state index in [2.05, 4.69) is 36.6 Å². The van der Waals surface area contributed by atoms with Crippen LogP contribution in [0.2, 0.25) is 0 Å². The quantitative estimate of drug-likeness (QED) is 0.881. The summed E-state index contributed by atoms with van der Waals surface area (Å²) < 4.78 is 7.52. The molecule has 2 aromatic rings. The molecule has 1 N–H and O–H groups in total. The van der Waals surface area contributed by atoms with Crippen LogP contribution in [0.4, 0.5) is 0 Å². The normalized spacial score (nSPS) is 11.4. The van der Waals surface area contributed by atoms with E-state index < -0.39 is 0 Å². The molecular formula is C14H19NO2. The number of hydrogen-bond donors (Lipinski definition) is 1. The first-order valence-corrected chi connectivity index (χ1v) is 5.96. The fraction of sp³-hybridized carbons (Fsp3) is 0.429. The number of rotatable bonds is 4. The lowest BCUT2D eigenvalue weighted by molar-refractivity contribution is 0.296. The number of aliphatic hydroxyl groups is 1. The molecule has 0 fully saturated rings. The van der Waals surface area contributed by atoms with E-state index in [0.717, 1.165) is 5.75 Å². The number of fused-ring (bicyclic) bond motifs is 1. The van der Waals surface area contributed by atoms with Crippen LogP contribution in [0.15, 0.2) is 24.3 Å². The van der Waals surface area contributed by atoms with Crippen molar-refractivity contribution >= 4 is 10.9 Å². The van der Waals surface area contributed by atoms with Crippen molar-refractivity contribution < 1.29 is 9.84 Å². The van der Waals surface area contributed by atoms with Crippen molar-refractivity contribution in [1.29, 1.82) is 0 Å². The average Bonchev–Trinajstić information content (AvgIpc) is 2.66. The van der Waals surface area contributed by atoms with Gasteiger partial charge in [-0.25, -0.2) is 0 Å². The molecule has 0 aliphatic carbocycles. The zero-order chi connectivity index (χ0) is 12.4. The lowest BCUT2D eigenvalue weighted by atomic mass is 10.2. The summed E-state index contributed by atoms with van der Waals surface area (Å²) in [7, 11) is 1.68. The smallest absolute Gasteiger partial charge is 0.120 e. The maximum atomic E-state index is 9.11. The predicted molar refractivity (Wildman–Crippen MR) is 69.7 cm³/mol. The van der Waals surface area contributed by atoms with Gasteiger partial charge in [0.25, 0.3) is 0 Å². The minimum atomic E-state index is 0.181. The van der Waals surface area contributed by atoms with Crippen LogP contribution in [0.3, 0.4) is 0 Å². The molecule has 3 nitrogen and oxygen atoms in total. The van der Waals surface area contributed by atoms with E-state index in [1.807, 2.05) is 6.07 Å². The summed E-state index contributed by atoms with van der Waals surface area (Å²) in [5.41, 5.74) is 2.34. The summed E-state index contributed by atoms with van der Waals surface area (Å²) in [5, 5.41) is 10.3. The number of methoxy groups -OCH3 is 1. The van der Waals surface area contributed by atoms with Gasteiger partial charge in [-0.05, 0) is 32.0 Å². The van der Waals surface area contributed by atoms with E-state index >= 15 is 0 Å². The van der Waals surface area contributed by atoms with E-state index in [9.17, 15) is 0 Å². The van der Waals surface area contributed by atoms with Crippen LogP contribution >= 0.6 is 0 Å². The largest absolute Gasteiger partial charge is 0.497 e. The molecule has 3 heteroatoms. The topological polar surface area (TPSA) is 34.4 Å². The average molecular weight is 233 g/mol. The van der Waals surface area contributed by atoms with Crippen molar-refractivity contribution in [1.82, 2.24) is 4.57 Å². The first-order valence-electron chi connectivity index (χ1n) is 5.96. The van der Waals surface area contributed by atoms with Crippen LogP contribution in [0.1, 0.15) is 25.6 Å². The van der Waals surface area contributed by atoms with Crippen LogP contribution in [0.5, 0.6) is 5.75 Å². The Morgan fingerprint density at radius 1 is 1.29 bits per heavy atom. The molecule has 0 aliphatic rings. The third-order valence-corrected chi connectivity index (χ3v) is 3.01. The minimum absolute atomic E-state index is 0.181. The molecule has 2 rings (SSSR count). The van der Waals surface area contributed by atoms with Crippen molar-refractivity contribution in [2.75, 3.05) is 13.7 Å². The highest BCUT2D eigenvalue weighted by Crippen LogP contribution is 2.27. The molecule has 0 atom stereocenters. The van der Waals surface area contributed by atoms with Gasteiger partial charge in [-0.3, -0.25) is 0 Å². The summed E-state index contributed by atoms with van der Waals surface area (Å²) in [5.74, 6) is 0.869. The van der Waals surface area contributed by atoms with Gasteiger partial charge in [0.15, 0.2) is 0 Å². The van der Waals surface area contributed by atoms with Gasteiger partial charge in [0.2, 0.25) is 0 Å². The maximum absolute atomic E-state index is 9.11. The summed E-state index contributed by atoms with van der Waals surface area (Å²) in [4.78, 5) is 0. The third-order valence-electron chi connectivity index (χ3n) is 3.01. The monoisotopic (exact) mass is 233 g/mol. The van der Waals surface area contributed by atoms with Gasteiger partial charge in [-0.1, -0.05) is 0 Å². The van der Waals surface area contributed by atoms with Crippen molar-refractivity contribution in [3.05, 3.63) is 30.0 Å². The van der Waals surface area contributed by atoms with Gasteiger partial charge in [-0.15, -0.1) is 0 Å². The van der Waals surface area contributed by atoms with Gasteiger partial charge < -0.3 is 14.4 Å². The molecule has 0 saturated heterocycles. The van der Waals surface area contributed by atoms with E-state index in [1.54, 1.807) is 7.11 Å². The Morgan fingerprint density at radius 2 is 2.06 bits per heavy atom. The highest BCUT2D eigenvalue weighted by Gasteiger charge is 2.11. The Kier molecular flexibility index (Phi) is 3.38. The molecular weight excluding hydrogens is 214 g/mol. The molecule has 0 amide bonds. The first kappa shape index (κ1) is 12.0. The third kappa shape index (κ3) is 2.15. The molecule has 0 radical (unpaired) electrons. The molecule has 1 heterocycles. The van der Waals surface area contributed by atoms with Gasteiger partial charge in [0, 0.05) is 36.2 Å². The van der Waals surface area contributed by atoms with E-state index in [4.69, 9.17) is 9.84 Å². The number of benzene rings is 1. The van der Waals surface area contributed by atoms with Crippen LogP contribution in [-0.4, -0.2) is 23.4 Å². The summed E-state index contributed by atoms with van der Waals surface area (Å²) in [6.07, 6.45) is 0.690. The van der Waals surface area contributed by atoms with Gasteiger partial charge in [-0.2, -0.15) is 0 Å². The Hall–Kier alpha value is -1.48. The molecule has 0 aliphatic heterocycles. The van der Waals surface area contributed by atoms with E-state index in [1.165, 1.54) is 16.6 Å².